The predicted octanol–water partition coefficient (Wildman–Crippen LogP) is 7.52. The first-order valence-corrected chi connectivity index (χ1v) is 19.8. The van der Waals surface area contributed by atoms with E-state index in [-0.39, 0.29) is 19.6 Å². The average Bonchev–Trinajstić information content (AvgIpc) is 3.15. The van der Waals surface area contributed by atoms with Gasteiger partial charge in [-0.1, -0.05) is 97.1 Å². The van der Waals surface area contributed by atoms with Crippen LogP contribution in [0.1, 0.15) is 0 Å². The number of hydrogen-bond acceptors (Lipinski definition) is 6. The van der Waals surface area contributed by atoms with Crippen LogP contribution in [0.15, 0.2) is 159 Å². The smallest absolute Gasteiger partial charge is 0.252 e. The molecular formula is C42H23BN2O4S2. The van der Waals surface area contributed by atoms with Crippen LogP contribution in [0.2, 0.25) is 0 Å². The summed E-state index contributed by atoms with van der Waals surface area (Å²) in [5.74, 6) is 0. The van der Waals surface area contributed by atoms with Crippen LogP contribution in [0.5, 0.6) is 0 Å². The molecule has 9 heteroatoms. The van der Waals surface area contributed by atoms with E-state index in [0.29, 0.717) is 22.7 Å². The molecule has 0 radical (unpaired) electrons. The summed E-state index contributed by atoms with van der Waals surface area (Å²) >= 11 is 0. The maximum Gasteiger partial charge on any atom is 0.252 e. The highest BCUT2D eigenvalue weighted by Gasteiger charge is 2.51. The number of fused-ring (bicyclic) bond motifs is 12. The van der Waals surface area contributed by atoms with Crippen LogP contribution in [-0.4, -0.2) is 23.5 Å². The van der Waals surface area contributed by atoms with Gasteiger partial charge in [-0.3, -0.25) is 0 Å². The molecule has 0 atom stereocenters. The highest BCUT2D eigenvalue weighted by Crippen LogP contribution is 2.56. The van der Waals surface area contributed by atoms with Crippen LogP contribution in [0.25, 0.3) is 32.3 Å². The Labute approximate surface area is 293 Å². The summed E-state index contributed by atoms with van der Waals surface area (Å²) in [6.45, 7) is -0.425. The minimum Gasteiger partial charge on any atom is -0.309 e. The first-order chi connectivity index (χ1) is 24.8. The maximum atomic E-state index is 14.7. The topological polar surface area (TPSA) is 74.8 Å². The Hall–Kier alpha value is -5.90. The second kappa shape index (κ2) is 9.06. The molecule has 240 valence electrons. The lowest BCUT2D eigenvalue weighted by Gasteiger charge is -2.48. The van der Waals surface area contributed by atoms with Crippen LogP contribution >= 0.6 is 0 Å². The molecule has 0 spiro atoms. The van der Waals surface area contributed by atoms with Gasteiger partial charge in [-0.2, -0.15) is 0 Å². The van der Waals surface area contributed by atoms with Crippen molar-refractivity contribution in [2.24, 2.45) is 0 Å². The largest absolute Gasteiger partial charge is 0.309 e. The molecule has 0 unspecified atom stereocenters. The van der Waals surface area contributed by atoms with Gasteiger partial charge in [0.1, 0.15) is 0 Å². The van der Waals surface area contributed by atoms with E-state index in [1.165, 1.54) is 0 Å². The van der Waals surface area contributed by atoms with E-state index in [9.17, 15) is 16.8 Å². The normalized spacial score (nSPS) is 16.4. The van der Waals surface area contributed by atoms with E-state index in [1.54, 1.807) is 24.3 Å². The van der Waals surface area contributed by atoms with Crippen molar-refractivity contribution in [3.8, 4) is 0 Å². The van der Waals surface area contributed by atoms with Gasteiger partial charge in [0.15, 0.2) is 0 Å². The van der Waals surface area contributed by atoms with Crippen molar-refractivity contribution in [2.75, 3.05) is 9.80 Å². The van der Waals surface area contributed by atoms with E-state index >= 15 is 0 Å². The van der Waals surface area contributed by atoms with Gasteiger partial charge in [-0.25, -0.2) is 16.8 Å². The monoisotopic (exact) mass is 694 g/mol. The van der Waals surface area contributed by atoms with Gasteiger partial charge >= 0.3 is 0 Å². The van der Waals surface area contributed by atoms with Crippen LogP contribution in [0, 0.1) is 0 Å². The fraction of sp³-hybridized carbons (Fsp3) is 0. The molecular weight excluding hydrogens is 671 g/mol. The lowest BCUT2D eigenvalue weighted by atomic mass is 9.33. The molecule has 0 amide bonds. The molecule has 4 aliphatic heterocycles. The number of para-hydroxylation sites is 2. The fourth-order valence-corrected chi connectivity index (χ4v) is 12.5. The van der Waals surface area contributed by atoms with Crippen LogP contribution in [0.3, 0.4) is 0 Å². The fourth-order valence-electron chi connectivity index (χ4n) is 9.13. The summed E-state index contributed by atoms with van der Waals surface area (Å²) in [4.78, 5) is 5.35. The van der Waals surface area contributed by atoms with Gasteiger partial charge in [-0.05, 0) is 85.8 Å². The van der Waals surface area contributed by atoms with Crippen molar-refractivity contribution < 1.29 is 16.8 Å². The summed E-state index contributed by atoms with van der Waals surface area (Å²) in [6, 6.07) is 44.8. The van der Waals surface area contributed by atoms with Crippen LogP contribution in [-0.2, 0) is 19.7 Å². The Balaban J connectivity index is 1.29. The molecule has 0 N–H and O–H groups in total. The second-order valence-corrected chi connectivity index (χ2v) is 17.5. The minimum absolute atomic E-state index is 0.250. The third-order valence-electron chi connectivity index (χ3n) is 11.2. The summed E-state index contributed by atoms with van der Waals surface area (Å²) in [6.07, 6.45) is 0. The van der Waals surface area contributed by atoms with Crippen LogP contribution in [0.4, 0.5) is 34.1 Å². The van der Waals surface area contributed by atoms with Crippen molar-refractivity contribution in [3.63, 3.8) is 0 Å². The molecule has 0 saturated carbocycles. The van der Waals surface area contributed by atoms with Gasteiger partial charge < -0.3 is 9.80 Å². The molecule has 0 saturated heterocycles. The van der Waals surface area contributed by atoms with Gasteiger partial charge in [0.2, 0.25) is 19.7 Å². The lowest BCUT2D eigenvalue weighted by Crippen LogP contribution is -2.62. The molecule has 4 heterocycles. The standard InChI is InChI=1S/C42H23BN2O4S2/c46-50(47)35-17-7-15-30-41(35)44(32-19-24-9-1-3-11-26(24)22-37(32)50)34-21-28-13-5-6-14-29(28)40-39(34)43(30)31-16-8-18-36-42(31)45(40)33-20-25-10-2-4-12-27(25)23-38(33)51(36,48)49/h1-23H. The SMILES string of the molecule is O=S1(=O)c2cc3ccccc3cc2N2c3cc4ccccc4c4c3B(c3cccc1c32)c1cccc2c1N4c1cc3ccccc3cc1S2(=O)=O. The highest BCUT2D eigenvalue weighted by atomic mass is 32.2. The van der Waals surface area contributed by atoms with Crippen LogP contribution < -0.4 is 26.2 Å². The number of anilines is 6. The molecule has 51 heavy (non-hydrogen) atoms. The van der Waals surface area contributed by atoms with Crippen molar-refractivity contribution in [1.29, 1.82) is 0 Å². The molecule has 8 aromatic rings. The quantitative estimate of drug-likeness (QED) is 0.153. The van der Waals surface area contributed by atoms with Gasteiger partial charge in [-0.15, -0.1) is 0 Å². The zero-order chi connectivity index (χ0) is 34.0. The van der Waals surface area contributed by atoms with Crippen molar-refractivity contribution >= 4 is 109 Å². The molecule has 8 aromatic carbocycles. The average molecular weight is 695 g/mol. The summed E-state index contributed by atoms with van der Waals surface area (Å²) < 4.78 is 58.5. The zero-order valence-corrected chi connectivity index (χ0v) is 28.3. The zero-order valence-electron chi connectivity index (χ0n) is 26.7. The Morgan fingerprint density at radius 3 is 1.41 bits per heavy atom. The molecule has 4 aliphatic rings. The number of nitrogens with zero attached hydrogens (tertiary/aromatic N) is 2. The molecule has 0 fully saturated rings. The number of rotatable bonds is 0. The Bertz CT molecular complexity index is 3200. The first kappa shape index (κ1) is 27.9. The molecule has 0 aromatic heterocycles. The van der Waals surface area contributed by atoms with E-state index in [2.05, 4.69) is 28.0 Å². The minimum atomic E-state index is -3.92. The highest BCUT2D eigenvalue weighted by molar-refractivity contribution is 7.92. The van der Waals surface area contributed by atoms with Gasteiger partial charge in [0.05, 0.1) is 48.0 Å². The number of hydrogen-bond donors (Lipinski definition) is 0. The molecule has 0 bridgehead atoms. The lowest BCUT2D eigenvalue weighted by molar-refractivity contribution is 0.593. The predicted molar refractivity (Wildman–Crippen MR) is 204 cm³/mol. The third kappa shape index (κ3) is 3.25. The maximum absolute atomic E-state index is 14.7. The van der Waals surface area contributed by atoms with E-state index in [1.807, 2.05) is 97.1 Å². The Morgan fingerprint density at radius 2 is 0.843 bits per heavy atom. The number of benzene rings is 8. The molecule has 12 rings (SSSR count). The molecule has 0 aliphatic carbocycles. The van der Waals surface area contributed by atoms with Gasteiger partial charge in [0, 0.05) is 11.1 Å². The van der Waals surface area contributed by atoms with Gasteiger partial charge in [0.25, 0.3) is 6.71 Å². The first-order valence-electron chi connectivity index (χ1n) is 16.8. The summed E-state index contributed by atoms with van der Waals surface area (Å²) in [5.41, 5.74) is 6.92. The summed E-state index contributed by atoms with van der Waals surface area (Å²) in [5, 5.41) is 5.56. The second-order valence-electron chi connectivity index (χ2n) is 13.7. The summed E-state index contributed by atoms with van der Waals surface area (Å²) in [7, 11) is -7.83. The van der Waals surface area contributed by atoms with Crippen molar-refractivity contribution in [3.05, 3.63) is 140 Å². The number of sulfone groups is 2. The van der Waals surface area contributed by atoms with E-state index < -0.39 is 26.4 Å². The van der Waals surface area contributed by atoms with E-state index in [0.717, 1.165) is 60.1 Å². The molecule has 6 nitrogen and oxygen atoms in total. The van der Waals surface area contributed by atoms with Crippen molar-refractivity contribution in [2.45, 2.75) is 19.6 Å². The van der Waals surface area contributed by atoms with Crippen molar-refractivity contribution in [1.82, 2.24) is 0 Å². The van der Waals surface area contributed by atoms with E-state index in [4.69, 9.17) is 0 Å². The Morgan fingerprint density at radius 1 is 0.392 bits per heavy atom. The third-order valence-corrected chi connectivity index (χ3v) is 14.8. The Kier molecular flexibility index (Phi) is 4.95.